The molecule has 0 unspecified atom stereocenters. The van der Waals surface area contributed by atoms with Crippen LogP contribution in [0.5, 0.6) is 5.75 Å². The second-order valence-electron chi connectivity index (χ2n) is 9.91. The fraction of sp³-hybridized carbons (Fsp3) is 0.258. The minimum absolute atomic E-state index is 0.0636. The predicted molar refractivity (Wildman–Crippen MR) is 163 cm³/mol. The van der Waals surface area contributed by atoms with Gasteiger partial charge in [-0.15, -0.1) is 0 Å². The third kappa shape index (κ3) is 5.42. The summed E-state index contributed by atoms with van der Waals surface area (Å²) >= 11 is 12.2. The predicted octanol–water partition coefficient (Wildman–Crippen LogP) is 6.46. The highest BCUT2D eigenvalue weighted by atomic mass is 35.5. The number of halogens is 1. The van der Waals surface area contributed by atoms with Gasteiger partial charge in [-0.05, 0) is 86.6 Å². The van der Waals surface area contributed by atoms with Crippen LogP contribution >= 0.6 is 23.8 Å². The molecule has 1 saturated heterocycles. The van der Waals surface area contributed by atoms with E-state index in [2.05, 4.69) is 45.0 Å². The van der Waals surface area contributed by atoms with Gasteiger partial charge in [0.05, 0.1) is 30.6 Å². The van der Waals surface area contributed by atoms with Crippen molar-refractivity contribution in [1.82, 2.24) is 19.8 Å². The van der Waals surface area contributed by atoms with Crippen LogP contribution in [0.15, 0.2) is 72.9 Å². The normalized spacial score (nSPS) is 16.6. The van der Waals surface area contributed by atoms with Gasteiger partial charge in [-0.1, -0.05) is 35.9 Å². The summed E-state index contributed by atoms with van der Waals surface area (Å²) in [6, 6.07) is 21.0. The molecule has 40 heavy (non-hydrogen) atoms. The van der Waals surface area contributed by atoms with E-state index in [1.54, 1.807) is 13.3 Å². The number of methoxy groups -OCH3 is 1. The number of thiocarbonyl (C=S) groups is 1. The number of nitrogens with zero attached hydrogens (tertiary/aromatic N) is 3. The van der Waals surface area contributed by atoms with Gasteiger partial charge in [-0.3, -0.25) is 9.78 Å². The van der Waals surface area contributed by atoms with Crippen LogP contribution < -0.4 is 15.4 Å². The number of rotatable bonds is 8. The van der Waals surface area contributed by atoms with E-state index in [4.69, 9.17) is 28.6 Å². The smallest absolute Gasteiger partial charge is 0.226 e. The molecular weight excluding hydrogens is 542 g/mol. The van der Waals surface area contributed by atoms with Gasteiger partial charge in [0, 0.05) is 41.3 Å². The van der Waals surface area contributed by atoms with Crippen LogP contribution in [0.2, 0.25) is 5.02 Å². The first-order valence-corrected chi connectivity index (χ1v) is 13.9. The number of pyridine rings is 1. The molecule has 2 N–H and O–H groups in total. The number of para-hydroxylation sites is 1. The van der Waals surface area contributed by atoms with Crippen molar-refractivity contribution in [2.45, 2.75) is 39.3 Å². The number of hydrogen-bond donors (Lipinski definition) is 2. The summed E-state index contributed by atoms with van der Waals surface area (Å²) in [6.07, 6.45) is 2.07. The zero-order chi connectivity index (χ0) is 28.4. The largest absolute Gasteiger partial charge is 0.495 e. The lowest BCUT2D eigenvalue weighted by Crippen LogP contribution is -2.33. The molecule has 3 heterocycles. The third-order valence-corrected chi connectivity index (χ3v) is 7.95. The zero-order valence-electron chi connectivity index (χ0n) is 22.9. The second-order valence-corrected chi connectivity index (χ2v) is 10.7. The number of benzene rings is 2. The molecule has 2 aromatic heterocycles. The molecule has 206 valence electrons. The van der Waals surface area contributed by atoms with Crippen molar-refractivity contribution in [1.29, 1.82) is 0 Å². The number of aromatic nitrogens is 2. The summed E-state index contributed by atoms with van der Waals surface area (Å²) in [5.74, 6) is 0.662. The van der Waals surface area contributed by atoms with Crippen LogP contribution in [0.3, 0.4) is 0 Å². The first kappa shape index (κ1) is 27.7. The average Bonchev–Trinajstić information content (AvgIpc) is 3.43. The molecule has 2 atom stereocenters. The van der Waals surface area contributed by atoms with Gasteiger partial charge in [0.25, 0.3) is 0 Å². The van der Waals surface area contributed by atoms with Gasteiger partial charge in [-0.2, -0.15) is 0 Å². The molecule has 5 rings (SSSR count). The Balaban J connectivity index is 1.51. The minimum atomic E-state index is -0.191. The molecule has 1 amide bonds. The van der Waals surface area contributed by atoms with Crippen molar-refractivity contribution in [2.24, 2.45) is 0 Å². The lowest BCUT2D eigenvalue weighted by Gasteiger charge is -2.28. The monoisotopic (exact) mass is 573 g/mol. The Morgan fingerprint density at radius 1 is 1.10 bits per heavy atom. The van der Waals surface area contributed by atoms with Gasteiger partial charge >= 0.3 is 0 Å². The van der Waals surface area contributed by atoms with Crippen LogP contribution in [-0.4, -0.2) is 39.1 Å². The van der Waals surface area contributed by atoms with Crippen molar-refractivity contribution in [3.05, 3.63) is 106 Å². The number of amides is 1. The third-order valence-electron chi connectivity index (χ3n) is 7.37. The molecular formula is C31H32ClN5O2S. The highest BCUT2D eigenvalue weighted by Crippen LogP contribution is 2.42. The van der Waals surface area contributed by atoms with Crippen LogP contribution in [0.4, 0.5) is 5.69 Å². The Labute approximate surface area is 245 Å². The molecule has 0 aliphatic carbocycles. The molecule has 0 bridgehead atoms. The quantitative estimate of drug-likeness (QED) is 0.236. The molecule has 4 aromatic rings. The summed E-state index contributed by atoms with van der Waals surface area (Å²) < 4.78 is 7.83. The van der Waals surface area contributed by atoms with E-state index in [0.29, 0.717) is 16.7 Å². The van der Waals surface area contributed by atoms with Crippen molar-refractivity contribution in [3.63, 3.8) is 0 Å². The second kappa shape index (κ2) is 11.7. The summed E-state index contributed by atoms with van der Waals surface area (Å²) in [5.41, 5.74) is 6.73. The molecule has 0 radical (unpaired) electrons. The number of carbonyl (C=O) groups excluding carboxylic acids is 1. The van der Waals surface area contributed by atoms with E-state index in [0.717, 1.165) is 45.3 Å². The number of nitrogens with one attached hydrogen (secondary N) is 2. The Morgan fingerprint density at radius 3 is 2.60 bits per heavy atom. The van der Waals surface area contributed by atoms with Crippen molar-refractivity contribution >= 4 is 40.5 Å². The van der Waals surface area contributed by atoms with Crippen LogP contribution in [-0.2, 0) is 4.79 Å². The molecule has 1 aliphatic rings. The first-order valence-electron chi connectivity index (χ1n) is 13.1. The van der Waals surface area contributed by atoms with E-state index in [9.17, 15) is 4.79 Å². The molecule has 7 nitrogen and oxygen atoms in total. The number of anilines is 1. The fourth-order valence-corrected chi connectivity index (χ4v) is 5.93. The number of hydrogen-bond acceptors (Lipinski definition) is 4. The Kier molecular flexibility index (Phi) is 8.09. The molecule has 0 spiro atoms. The van der Waals surface area contributed by atoms with Crippen LogP contribution in [0, 0.1) is 20.8 Å². The van der Waals surface area contributed by atoms with Crippen molar-refractivity contribution in [3.8, 4) is 11.4 Å². The summed E-state index contributed by atoms with van der Waals surface area (Å²) in [6.45, 7) is 6.57. The number of ether oxygens (including phenoxy) is 1. The van der Waals surface area contributed by atoms with Gasteiger partial charge in [0.2, 0.25) is 5.91 Å². The zero-order valence-corrected chi connectivity index (χ0v) is 24.5. The maximum absolute atomic E-state index is 13.0. The van der Waals surface area contributed by atoms with Gasteiger partial charge in [0.15, 0.2) is 5.11 Å². The van der Waals surface area contributed by atoms with Crippen molar-refractivity contribution < 1.29 is 9.53 Å². The van der Waals surface area contributed by atoms with Crippen molar-refractivity contribution in [2.75, 3.05) is 19.0 Å². The topological polar surface area (TPSA) is 71.4 Å². The van der Waals surface area contributed by atoms with E-state index >= 15 is 0 Å². The van der Waals surface area contributed by atoms with Gasteiger partial charge in [0.1, 0.15) is 5.75 Å². The summed E-state index contributed by atoms with van der Waals surface area (Å²) in [4.78, 5) is 19.7. The average molecular weight is 574 g/mol. The standard InChI is InChI=1S/C31H32ClN5O2S/c1-19-9-5-6-10-24(19)34-28(38)14-16-36-30(29(35-31(36)40)25-11-7-8-15-33-25)23-17-20(2)37(21(23)3)26-18-22(32)12-13-27(26)39-4/h5-13,15,17-18,29-30H,14,16H2,1-4H3,(H,34,38)(H,35,40)/t29-,30-/m1/s1. The molecule has 9 heteroatoms. The van der Waals surface area contributed by atoms with Gasteiger partial charge < -0.3 is 24.8 Å². The Morgan fingerprint density at radius 2 is 1.88 bits per heavy atom. The maximum atomic E-state index is 13.0. The van der Waals surface area contributed by atoms with Gasteiger partial charge in [-0.25, -0.2) is 0 Å². The highest BCUT2D eigenvalue weighted by Gasteiger charge is 2.41. The number of carbonyl (C=O) groups is 1. The summed E-state index contributed by atoms with van der Waals surface area (Å²) in [7, 11) is 1.65. The Hall–Kier alpha value is -3.88. The lowest BCUT2D eigenvalue weighted by molar-refractivity contribution is -0.116. The maximum Gasteiger partial charge on any atom is 0.226 e. The first-order chi connectivity index (χ1) is 19.3. The lowest BCUT2D eigenvalue weighted by atomic mass is 9.96. The van der Waals surface area contributed by atoms with E-state index < -0.39 is 0 Å². The van der Waals surface area contributed by atoms with Crippen LogP contribution in [0.25, 0.3) is 5.69 Å². The molecule has 1 fully saturated rings. The number of aryl methyl sites for hydroxylation is 2. The molecule has 0 saturated carbocycles. The van der Waals surface area contributed by atoms with E-state index in [1.165, 1.54) is 0 Å². The SMILES string of the molecule is COc1ccc(Cl)cc1-n1c(C)cc([C@@H]2[C@@H](c3ccccn3)NC(=S)N2CCC(=O)Nc2ccccc2C)c1C. The van der Waals surface area contributed by atoms with E-state index in [1.807, 2.05) is 67.6 Å². The molecule has 2 aromatic carbocycles. The van der Waals surface area contributed by atoms with E-state index in [-0.39, 0.29) is 24.4 Å². The minimum Gasteiger partial charge on any atom is -0.495 e. The Bertz CT molecular complexity index is 1550. The molecule has 1 aliphatic heterocycles. The fourth-order valence-electron chi connectivity index (χ4n) is 5.43. The summed E-state index contributed by atoms with van der Waals surface area (Å²) in [5, 5.41) is 7.74. The highest BCUT2D eigenvalue weighted by molar-refractivity contribution is 7.80. The van der Waals surface area contributed by atoms with Crippen LogP contribution in [0.1, 0.15) is 46.7 Å².